The van der Waals surface area contributed by atoms with E-state index < -0.39 is 0 Å². The van der Waals surface area contributed by atoms with Crippen LogP contribution < -0.4 is 0 Å². The van der Waals surface area contributed by atoms with Gasteiger partial charge in [0.15, 0.2) is 0 Å². The summed E-state index contributed by atoms with van der Waals surface area (Å²) in [6.07, 6.45) is 1.50. The zero-order valence-corrected chi connectivity index (χ0v) is 9.52. The zero-order chi connectivity index (χ0) is 10.5. The summed E-state index contributed by atoms with van der Waals surface area (Å²) in [5.74, 6) is 0.490. The molecule has 1 unspecified atom stereocenters. The van der Waals surface area contributed by atoms with Crippen molar-refractivity contribution in [1.29, 1.82) is 0 Å². The lowest BCUT2D eigenvalue weighted by Crippen LogP contribution is -2.19. The Kier molecular flexibility index (Phi) is 5.23. The molecule has 78 valence electrons. The van der Waals surface area contributed by atoms with Crippen LogP contribution in [-0.4, -0.2) is 19.5 Å². The lowest BCUT2D eigenvalue weighted by Gasteiger charge is -2.19. The van der Waals surface area contributed by atoms with Gasteiger partial charge in [0.2, 0.25) is 0 Å². The van der Waals surface area contributed by atoms with Gasteiger partial charge < -0.3 is 4.74 Å². The van der Waals surface area contributed by atoms with Gasteiger partial charge in [-0.15, -0.1) is 0 Å². The minimum absolute atomic E-state index is 0.110. The van der Waals surface area contributed by atoms with Crippen molar-refractivity contribution in [1.82, 2.24) is 0 Å². The molecule has 2 heteroatoms. The Balaban J connectivity index is 3.83. The number of hydrogen-bond donors (Lipinski definition) is 0. The average molecular weight is 186 g/mol. The van der Waals surface area contributed by atoms with Gasteiger partial charge in [-0.3, -0.25) is 4.79 Å². The molecule has 0 aliphatic carbocycles. The van der Waals surface area contributed by atoms with Crippen molar-refractivity contribution < 1.29 is 9.53 Å². The molecule has 0 fully saturated rings. The smallest absolute Gasteiger partial charge is 0.136 e. The maximum absolute atomic E-state index is 11.6. The van der Waals surface area contributed by atoms with Gasteiger partial charge >= 0.3 is 0 Å². The number of carbonyl (C=O) groups excluding carboxylic acids is 1. The van der Waals surface area contributed by atoms with E-state index in [1.54, 1.807) is 7.11 Å². The highest BCUT2D eigenvalue weighted by atomic mass is 16.5. The highest BCUT2D eigenvalue weighted by Crippen LogP contribution is 2.22. The van der Waals surface area contributed by atoms with E-state index in [0.717, 1.165) is 6.42 Å². The summed E-state index contributed by atoms with van der Waals surface area (Å²) in [5, 5.41) is 0. The van der Waals surface area contributed by atoms with Gasteiger partial charge in [0.25, 0.3) is 0 Å². The summed E-state index contributed by atoms with van der Waals surface area (Å²) in [7, 11) is 1.67. The summed E-state index contributed by atoms with van der Waals surface area (Å²) in [4.78, 5) is 11.6. The van der Waals surface area contributed by atoms with Gasteiger partial charge in [0.05, 0.1) is 0 Å². The zero-order valence-electron chi connectivity index (χ0n) is 9.52. The molecule has 0 saturated heterocycles. The van der Waals surface area contributed by atoms with Crippen LogP contribution in [-0.2, 0) is 9.53 Å². The highest BCUT2D eigenvalue weighted by molar-refractivity contribution is 5.81. The molecule has 1 atom stereocenters. The number of ether oxygens (including phenoxy) is 1. The normalized spacial score (nSPS) is 14.2. The van der Waals surface area contributed by atoms with Gasteiger partial charge in [-0.1, -0.05) is 27.7 Å². The lowest BCUT2D eigenvalue weighted by atomic mass is 9.85. The number of Topliss-reactive ketones (excluding diaryl/α,β-unsaturated/α-hetero) is 1. The van der Waals surface area contributed by atoms with Crippen molar-refractivity contribution in [2.24, 2.45) is 11.3 Å². The van der Waals surface area contributed by atoms with E-state index in [1.165, 1.54) is 0 Å². The van der Waals surface area contributed by atoms with E-state index in [4.69, 9.17) is 4.74 Å². The summed E-state index contributed by atoms with van der Waals surface area (Å²) >= 11 is 0. The first-order valence-corrected chi connectivity index (χ1v) is 4.88. The molecule has 0 saturated carbocycles. The molecule has 0 radical (unpaired) electrons. The van der Waals surface area contributed by atoms with Crippen LogP contribution in [0.1, 0.15) is 40.5 Å². The highest BCUT2D eigenvalue weighted by Gasteiger charge is 2.20. The molecule has 13 heavy (non-hydrogen) atoms. The third-order valence-corrected chi connectivity index (χ3v) is 2.01. The van der Waals surface area contributed by atoms with Gasteiger partial charge in [-0.05, 0) is 11.8 Å². The number of rotatable bonds is 5. The Labute approximate surface area is 81.7 Å². The standard InChI is InChI=1S/C11H22O2/c1-9(6-7-13-5)10(12)8-11(2,3)4/h9H,6-8H2,1-5H3. The first-order valence-electron chi connectivity index (χ1n) is 4.88. The first-order chi connectivity index (χ1) is 5.87. The molecular weight excluding hydrogens is 164 g/mol. The number of hydrogen-bond acceptors (Lipinski definition) is 2. The van der Waals surface area contributed by atoms with Gasteiger partial charge in [0, 0.05) is 26.1 Å². The fraction of sp³-hybridized carbons (Fsp3) is 0.909. The van der Waals surface area contributed by atoms with E-state index in [0.29, 0.717) is 18.8 Å². The van der Waals surface area contributed by atoms with Crippen molar-refractivity contribution in [3.63, 3.8) is 0 Å². The summed E-state index contributed by atoms with van der Waals surface area (Å²) < 4.78 is 4.94. The molecule has 0 aliphatic heterocycles. The summed E-state index contributed by atoms with van der Waals surface area (Å²) in [6.45, 7) is 8.93. The molecule has 2 nitrogen and oxygen atoms in total. The van der Waals surface area contributed by atoms with Crippen molar-refractivity contribution in [2.75, 3.05) is 13.7 Å². The molecule has 0 aromatic heterocycles. The molecule has 0 aromatic carbocycles. The second-order valence-electron chi connectivity index (χ2n) is 4.89. The molecule has 0 spiro atoms. The Bertz CT molecular complexity index is 156. The topological polar surface area (TPSA) is 26.3 Å². The van der Waals surface area contributed by atoms with Crippen molar-refractivity contribution in [3.8, 4) is 0 Å². The molecule has 0 rings (SSSR count). The van der Waals surface area contributed by atoms with Gasteiger partial charge in [-0.25, -0.2) is 0 Å². The minimum atomic E-state index is 0.110. The molecule has 0 N–H and O–H groups in total. The van der Waals surface area contributed by atoms with E-state index in [9.17, 15) is 4.79 Å². The fourth-order valence-corrected chi connectivity index (χ4v) is 1.15. The Morgan fingerprint density at radius 3 is 2.31 bits per heavy atom. The van der Waals surface area contributed by atoms with Crippen LogP contribution in [0.3, 0.4) is 0 Å². The van der Waals surface area contributed by atoms with Crippen LogP contribution in [0.4, 0.5) is 0 Å². The average Bonchev–Trinajstić information content (AvgIpc) is 1.96. The van der Waals surface area contributed by atoms with Crippen LogP contribution in [0.15, 0.2) is 0 Å². The SMILES string of the molecule is COCCC(C)C(=O)CC(C)(C)C. The second-order valence-corrected chi connectivity index (χ2v) is 4.89. The van der Waals surface area contributed by atoms with Gasteiger partial charge in [0.1, 0.15) is 5.78 Å². The lowest BCUT2D eigenvalue weighted by molar-refractivity contribution is -0.124. The van der Waals surface area contributed by atoms with Crippen LogP contribution in [0.25, 0.3) is 0 Å². The quantitative estimate of drug-likeness (QED) is 0.660. The van der Waals surface area contributed by atoms with Crippen LogP contribution in [0.2, 0.25) is 0 Å². The van der Waals surface area contributed by atoms with E-state index in [2.05, 4.69) is 20.8 Å². The number of ketones is 1. The molecule has 0 heterocycles. The molecular formula is C11H22O2. The first kappa shape index (κ1) is 12.6. The van der Waals surface area contributed by atoms with E-state index >= 15 is 0 Å². The predicted octanol–water partition coefficient (Wildman–Crippen LogP) is 2.66. The van der Waals surface area contributed by atoms with Crippen molar-refractivity contribution in [2.45, 2.75) is 40.5 Å². The molecule has 0 aromatic rings. The Morgan fingerprint density at radius 2 is 1.92 bits per heavy atom. The summed E-state index contributed by atoms with van der Waals surface area (Å²) in [6, 6.07) is 0. The maximum Gasteiger partial charge on any atom is 0.136 e. The van der Waals surface area contributed by atoms with Crippen LogP contribution in [0.5, 0.6) is 0 Å². The van der Waals surface area contributed by atoms with Crippen molar-refractivity contribution in [3.05, 3.63) is 0 Å². The monoisotopic (exact) mass is 186 g/mol. The summed E-state index contributed by atoms with van der Waals surface area (Å²) in [5.41, 5.74) is 0.110. The largest absolute Gasteiger partial charge is 0.385 e. The van der Waals surface area contributed by atoms with Gasteiger partial charge in [-0.2, -0.15) is 0 Å². The van der Waals surface area contributed by atoms with E-state index in [1.807, 2.05) is 6.92 Å². The predicted molar refractivity (Wildman–Crippen MR) is 54.7 cm³/mol. The minimum Gasteiger partial charge on any atom is -0.385 e. The Morgan fingerprint density at radius 1 is 1.38 bits per heavy atom. The maximum atomic E-state index is 11.6. The van der Waals surface area contributed by atoms with Crippen LogP contribution in [0, 0.1) is 11.3 Å². The molecule has 0 bridgehead atoms. The van der Waals surface area contributed by atoms with E-state index in [-0.39, 0.29) is 11.3 Å². The van der Waals surface area contributed by atoms with Crippen molar-refractivity contribution >= 4 is 5.78 Å². The third-order valence-electron chi connectivity index (χ3n) is 2.01. The van der Waals surface area contributed by atoms with Crippen LogP contribution >= 0.6 is 0 Å². The third kappa shape index (κ3) is 6.76. The molecule has 0 aliphatic rings. The second kappa shape index (κ2) is 5.38. The molecule has 0 amide bonds. The number of methoxy groups -OCH3 is 1. The Hall–Kier alpha value is -0.370. The number of carbonyl (C=O) groups is 1. The fourth-order valence-electron chi connectivity index (χ4n) is 1.15.